The number of nitrogens with one attached hydrogen (secondary N) is 1. The molecule has 1 amide bonds. The molecule has 0 aliphatic carbocycles. The Labute approximate surface area is 163 Å². The van der Waals surface area contributed by atoms with E-state index in [0.29, 0.717) is 31.6 Å². The van der Waals surface area contributed by atoms with Gasteiger partial charge in [0, 0.05) is 25.6 Å². The highest BCUT2D eigenvalue weighted by molar-refractivity contribution is 5.78. The normalized spacial score (nSPS) is 17.3. The summed E-state index contributed by atoms with van der Waals surface area (Å²) in [6.45, 7) is 1.76. The lowest BCUT2D eigenvalue weighted by atomic mass is 10.1. The summed E-state index contributed by atoms with van der Waals surface area (Å²) < 4.78 is 38.3. The van der Waals surface area contributed by atoms with Gasteiger partial charge in [-0.1, -0.05) is 48.5 Å². The first-order valence-electron chi connectivity index (χ1n) is 9.64. The van der Waals surface area contributed by atoms with Crippen molar-refractivity contribution >= 4 is 5.91 Å². The molecule has 2 aromatic carbocycles. The minimum absolute atomic E-state index is 0.193. The minimum atomic E-state index is -4.32. The third kappa shape index (κ3) is 5.58. The summed E-state index contributed by atoms with van der Waals surface area (Å²) in [4.78, 5) is 14.1. The molecule has 1 N–H and O–H groups in total. The number of nitrogens with zero attached hydrogens (tertiary/aromatic N) is 1. The zero-order valence-electron chi connectivity index (χ0n) is 15.7. The Balaban J connectivity index is 1.45. The van der Waals surface area contributed by atoms with Gasteiger partial charge in [-0.05, 0) is 43.0 Å². The average Bonchev–Trinajstić information content (AvgIpc) is 3.03. The fraction of sp³-hybridized carbons (Fsp3) is 0.409. The van der Waals surface area contributed by atoms with Gasteiger partial charge in [0.15, 0.2) is 0 Å². The summed E-state index contributed by atoms with van der Waals surface area (Å²) in [5, 5.41) is 3.21. The highest BCUT2D eigenvalue weighted by Crippen LogP contribution is 2.29. The largest absolute Gasteiger partial charge is 0.416 e. The molecular formula is C22H25F3N2O. The van der Waals surface area contributed by atoms with Crippen LogP contribution in [0.3, 0.4) is 0 Å². The van der Waals surface area contributed by atoms with E-state index in [1.165, 1.54) is 17.7 Å². The van der Waals surface area contributed by atoms with E-state index in [-0.39, 0.29) is 11.9 Å². The molecule has 1 fully saturated rings. The summed E-state index contributed by atoms with van der Waals surface area (Å²) in [6, 6.07) is 15.7. The molecular weight excluding hydrogens is 365 g/mol. The van der Waals surface area contributed by atoms with E-state index in [1.807, 2.05) is 23.1 Å². The van der Waals surface area contributed by atoms with E-state index in [1.54, 1.807) is 6.07 Å². The van der Waals surface area contributed by atoms with E-state index in [2.05, 4.69) is 17.4 Å². The topological polar surface area (TPSA) is 32.3 Å². The zero-order valence-corrected chi connectivity index (χ0v) is 15.7. The Kier molecular flexibility index (Phi) is 6.73. The van der Waals surface area contributed by atoms with Crippen molar-refractivity contribution in [3.8, 4) is 0 Å². The van der Waals surface area contributed by atoms with Crippen LogP contribution in [0.1, 0.15) is 36.0 Å². The molecule has 0 radical (unpaired) electrons. The lowest BCUT2D eigenvalue weighted by molar-refractivity contribution is -0.137. The lowest BCUT2D eigenvalue weighted by Crippen LogP contribution is -2.36. The number of hydrogen-bond acceptors (Lipinski definition) is 2. The van der Waals surface area contributed by atoms with Crippen molar-refractivity contribution in [3.63, 3.8) is 0 Å². The minimum Gasteiger partial charge on any atom is -0.339 e. The van der Waals surface area contributed by atoms with Crippen LogP contribution >= 0.6 is 0 Å². The van der Waals surface area contributed by atoms with Crippen molar-refractivity contribution in [1.29, 1.82) is 0 Å². The van der Waals surface area contributed by atoms with Crippen molar-refractivity contribution in [2.24, 2.45) is 0 Å². The van der Waals surface area contributed by atoms with Gasteiger partial charge >= 0.3 is 6.18 Å². The molecule has 1 aliphatic heterocycles. The van der Waals surface area contributed by atoms with Gasteiger partial charge in [-0.2, -0.15) is 13.2 Å². The maximum Gasteiger partial charge on any atom is 0.416 e. The van der Waals surface area contributed by atoms with E-state index >= 15 is 0 Å². The average molecular weight is 390 g/mol. The number of amides is 1. The van der Waals surface area contributed by atoms with Crippen LogP contribution in [0, 0.1) is 0 Å². The first kappa shape index (κ1) is 20.4. The highest BCUT2D eigenvalue weighted by atomic mass is 19.4. The first-order valence-corrected chi connectivity index (χ1v) is 9.64. The lowest BCUT2D eigenvalue weighted by Gasteiger charge is -2.25. The Morgan fingerprint density at radius 3 is 2.54 bits per heavy atom. The second-order valence-electron chi connectivity index (χ2n) is 7.18. The molecule has 1 unspecified atom stereocenters. The van der Waals surface area contributed by atoms with E-state index in [0.717, 1.165) is 25.3 Å². The third-order valence-corrected chi connectivity index (χ3v) is 5.17. The van der Waals surface area contributed by atoms with Crippen LogP contribution in [0.4, 0.5) is 13.2 Å². The molecule has 1 aliphatic rings. The van der Waals surface area contributed by atoms with E-state index in [4.69, 9.17) is 0 Å². The monoisotopic (exact) mass is 390 g/mol. The molecule has 1 atom stereocenters. The van der Waals surface area contributed by atoms with Crippen LogP contribution in [0.15, 0.2) is 54.6 Å². The number of carbonyl (C=O) groups excluding carboxylic acids is 1. The molecule has 6 heteroatoms. The van der Waals surface area contributed by atoms with E-state index < -0.39 is 11.7 Å². The molecule has 0 aromatic heterocycles. The highest BCUT2D eigenvalue weighted by Gasteiger charge is 2.31. The van der Waals surface area contributed by atoms with Gasteiger partial charge in [0.1, 0.15) is 0 Å². The van der Waals surface area contributed by atoms with Gasteiger partial charge in [0.25, 0.3) is 0 Å². The fourth-order valence-electron chi connectivity index (χ4n) is 3.65. The number of hydrogen-bond donors (Lipinski definition) is 1. The molecule has 1 saturated heterocycles. The number of rotatable bonds is 8. The predicted octanol–water partition coefficient (Wildman–Crippen LogP) is 4.42. The molecule has 0 bridgehead atoms. The molecule has 0 saturated carbocycles. The van der Waals surface area contributed by atoms with Gasteiger partial charge in [-0.25, -0.2) is 0 Å². The Hall–Kier alpha value is -2.34. The quantitative estimate of drug-likeness (QED) is 0.677. The van der Waals surface area contributed by atoms with Crippen molar-refractivity contribution in [2.75, 3.05) is 13.1 Å². The maximum absolute atomic E-state index is 12.8. The molecule has 3 rings (SSSR count). The van der Waals surface area contributed by atoms with Crippen molar-refractivity contribution in [1.82, 2.24) is 10.2 Å². The fourth-order valence-corrected chi connectivity index (χ4v) is 3.65. The van der Waals surface area contributed by atoms with Crippen LogP contribution in [-0.4, -0.2) is 29.9 Å². The molecule has 3 nitrogen and oxygen atoms in total. The number of alkyl halides is 3. The number of likely N-dealkylation sites (tertiary alicyclic amines) is 1. The van der Waals surface area contributed by atoms with Crippen molar-refractivity contribution in [3.05, 3.63) is 71.3 Å². The summed E-state index contributed by atoms with van der Waals surface area (Å²) in [6.07, 6.45) is -1.26. The van der Waals surface area contributed by atoms with Crippen LogP contribution < -0.4 is 5.32 Å². The number of halogens is 3. The van der Waals surface area contributed by atoms with Crippen LogP contribution in [0.25, 0.3) is 0 Å². The van der Waals surface area contributed by atoms with Crippen molar-refractivity contribution < 1.29 is 18.0 Å². The summed E-state index contributed by atoms with van der Waals surface area (Å²) in [5.74, 6) is 0.193. The number of carbonyl (C=O) groups is 1. The van der Waals surface area contributed by atoms with Crippen LogP contribution in [0.5, 0.6) is 0 Å². The number of benzene rings is 2. The summed E-state index contributed by atoms with van der Waals surface area (Å²) >= 11 is 0. The predicted molar refractivity (Wildman–Crippen MR) is 103 cm³/mol. The third-order valence-electron chi connectivity index (χ3n) is 5.17. The van der Waals surface area contributed by atoms with Gasteiger partial charge < -0.3 is 10.2 Å². The Morgan fingerprint density at radius 1 is 1.04 bits per heavy atom. The summed E-state index contributed by atoms with van der Waals surface area (Å²) in [7, 11) is 0. The Morgan fingerprint density at radius 2 is 1.79 bits per heavy atom. The first-order chi connectivity index (χ1) is 13.4. The molecule has 28 heavy (non-hydrogen) atoms. The molecule has 0 spiro atoms. The standard InChI is InChI=1S/C22H25F3N2O/c23-22(24,25)19-8-4-7-18(15-19)16-26-13-11-20-9-10-21(28)27(20)14-12-17-5-2-1-3-6-17/h1-8,15,20,26H,9-14,16H2. The SMILES string of the molecule is O=C1CCC(CCNCc2cccc(C(F)(F)F)c2)N1CCc1ccccc1. The van der Waals surface area contributed by atoms with Gasteiger partial charge in [-0.3, -0.25) is 4.79 Å². The van der Waals surface area contributed by atoms with Crippen LogP contribution in [0.2, 0.25) is 0 Å². The smallest absolute Gasteiger partial charge is 0.339 e. The molecule has 150 valence electrons. The van der Waals surface area contributed by atoms with Gasteiger partial charge in [0.05, 0.1) is 5.56 Å². The van der Waals surface area contributed by atoms with Crippen LogP contribution in [-0.2, 0) is 23.9 Å². The van der Waals surface area contributed by atoms with Gasteiger partial charge in [0.2, 0.25) is 5.91 Å². The van der Waals surface area contributed by atoms with E-state index in [9.17, 15) is 18.0 Å². The zero-order chi connectivity index (χ0) is 20.0. The molecule has 2 aromatic rings. The summed E-state index contributed by atoms with van der Waals surface area (Å²) in [5.41, 5.74) is 1.20. The van der Waals surface area contributed by atoms with Gasteiger partial charge in [-0.15, -0.1) is 0 Å². The second kappa shape index (κ2) is 9.24. The molecule has 1 heterocycles. The van der Waals surface area contributed by atoms with Crippen molar-refractivity contribution in [2.45, 2.75) is 44.4 Å². The Bertz CT molecular complexity index is 777. The maximum atomic E-state index is 12.8. The second-order valence-corrected chi connectivity index (χ2v) is 7.18.